The van der Waals surface area contributed by atoms with Gasteiger partial charge in [0, 0.05) is 6.42 Å². The third kappa shape index (κ3) is 9.67. The van der Waals surface area contributed by atoms with Gasteiger partial charge >= 0.3 is 5.97 Å². The zero-order chi connectivity index (χ0) is 15.3. The molecule has 0 aromatic rings. The van der Waals surface area contributed by atoms with Gasteiger partial charge in [-0.25, -0.2) is 0 Å². The van der Waals surface area contributed by atoms with E-state index in [4.69, 9.17) is 4.74 Å². The molecular weight excluding hydrogens is 264 g/mol. The Kier molecular flexibility index (Phi) is 10.2. The van der Waals surface area contributed by atoms with Crippen molar-refractivity contribution in [3.8, 4) is 0 Å². The van der Waals surface area contributed by atoms with Gasteiger partial charge in [-0.1, -0.05) is 44.8 Å². The second kappa shape index (κ2) is 11.8. The van der Waals surface area contributed by atoms with Gasteiger partial charge in [-0.15, -0.1) is 0 Å². The van der Waals surface area contributed by atoms with E-state index in [-0.39, 0.29) is 18.2 Å². The van der Waals surface area contributed by atoms with Crippen molar-refractivity contribution >= 4 is 5.97 Å². The van der Waals surface area contributed by atoms with Crippen LogP contribution in [0.25, 0.3) is 0 Å². The summed E-state index contributed by atoms with van der Waals surface area (Å²) < 4.78 is 5.64. The first-order chi connectivity index (χ1) is 10.2. The molecule has 0 fully saturated rings. The summed E-state index contributed by atoms with van der Waals surface area (Å²) in [4.78, 5) is 11.9. The number of cyclic esters (lactones) is 1. The first-order valence-corrected chi connectivity index (χ1v) is 8.75. The van der Waals surface area contributed by atoms with E-state index in [1.54, 1.807) is 0 Å². The number of aliphatic hydroxyl groups excluding tert-OH is 1. The molecule has 0 aromatic carbocycles. The predicted molar refractivity (Wildman–Crippen MR) is 86.1 cm³/mol. The summed E-state index contributed by atoms with van der Waals surface area (Å²) in [6.07, 6.45) is 15.4. The molecule has 2 atom stereocenters. The molecule has 1 N–H and O–H groups in total. The van der Waals surface area contributed by atoms with Gasteiger partial charge in [-0.3, -0.25) is 4.79 Å². The number of ether oxygens (including phenoxy) is 1. The fourth-order valence-corrected chi connectivity index (χ4v) is 2.75. The van der Waals surface area contributed by atoms with Crippen LogP contribution in [0.3, 0.4) is 0 Å². The third-order valence-electron chi connectivity index (χ3n) is 4.08. The monoisotopic (exact) mass is 296 g/mol. The fraction of sp³-hybridized carbons (Fsp3) is 0.833. The maximum atomic E-state index is 11.9. The molecule has 0 radical (unpaired) electrons. The summed E-state index contributed by atoms with van der Waals surface area (Å²) in [7, 11) is 0. The Morgan fingerprint density at radius 2 is 2.00 bits per heavy atom. The van der Waals surface area contributed by atoms with Gasteiger partial charge in [-0.2, -0.15) is 0 Å². The highest BCUT2D eigenvalue weighted by Gasteiger charge is 2.14. The summed E-state index contributed by atoms with van der Waals surface area (Å²) in [5.74, 6) is -0.0706. The Hall–Kier alpha value is -0.830. The van der Waals surface area contributed by atoms with E-state index in [1.165, 1.54) is 12.8 Å². The lowest BCUT2D eigenvalue weighted by atomic mass is 10.0. The lowest BCUT2D eigenvalue weighted by molar-refractivity contribution is -0.149. The largest absolute Gasteiger partial charge is 0.462 e. The minimum atomic E-state index is -0.225. The van der Waals surface area contributed by atoms with E-state index in [2.05, 4.69) is 6.92 Å². The molecule has 21 heavy (non-hydrogen) atoms. The van der Waals surface area contributed by atoms with Crippen molar-refractivity contribution in [1.82, 2.24) is 0 Å². The van der Waals surface area contributed by atoms with Gasteiger partial charge in [0.2, 0.25) is 0 Å². The molecule has 0 aliphatic carbocycles. The van der Waals surface area contributed by atoms with Gasteiger partial charge in [0.05, 0.1) is 6.10 Å². The van der Waals surface area contributed by atoms with Gasteiger partial charge in [0.1, 0.15) is 6.10 Å². The minimum absolute atomic E-state index is 0.0706. The Labute approximate surface area is 129 Å². The van der Waals surface area contributed by atoms with Crippen molar-refractivity contribution in [2.24, 2.45) is 0 Å². The van der Waals surface area contributed by atoms with Gasteiger partial charge in [0.25, 0.3) is 0 Å². The van der Waals surface area contributed by atoms with Crippen LogP contribution >= 0.6 is 0 Å². The van der Waals surface area contributed by atoms with Crippen LogP contribution in [-0.4, -0.2) is 23.3 Å². The molecular formula is C18H32O3. The Bertz CT molecular complexity index is 299. The Morgan fingerprint density at radius 1 is 1.19 bits per heavy atom. The van der Waals surface area contributed by atoms with Gasteiger partial charge in [0.15, 0.2) is 0 Å². The first kappa shape index (κ1) is 18.2. The molecule has 1 aliphatic heterocycles. The van der Waals surface area contributed by atoms with Crippen molar-refractivity contribution in [2.45, 2.75) is 96.2 Å². The maximum Gasteiger partial charge on any atom is 0.306 e. The van der Waals surface area contributed by atoms with Crippen LogP contribution in [0.15, 0.2) is 12.2 Å². The van der Waals surface area contributed by atoms with Crippen molar-refractivity contribution in [3.63, 3.8) is 0 Å². The number of hydrogen-bond acceptors (Lipinski definition) is 3. The first-order valence-electron chi connectivity index (χ1n) is 8.75. The van der Waals surface area contributed by atoms with Crippen LogP contribution in [0.1, 0.15) is 84.0 Å². The van der Waals surface area contributed by atoms with E-state index in [0.29, 0.717) is 19.3 Å². The molecule has 1 rings (SSSR count). The van der Waals surface area contributed by atoms with Crippen LogP contribution in [0.5, 0.6) is 0 Å². The average molecular weight is 296 g/mol. The molecule has 0 saturated heterocycles. The smallest absolute Gasteiger partial charge is 0.306 e. The zero-order valence-corrected chi connectivity index (χ0v) is 13.6. The molecule has 0 spiro atoms. The number of hydrogen-bond donors (Lipinski definition) is 1. The highest BCUT2D eigenvalue weighted by molar-refractivity contribution is 5.69. The maximum absolute atomic E-state index is 11.9. The Morgan fingerprint density at radius 3 is 2.81 bits per heavy atom. The molecule has 0 unspecified atom stereocenters. The normalized spacial score (nSPS) is 27.6. The van der Waals surface area contributed by atoms with E-state index >= 15 is 0 Å². The van der Waals surface area contributed by atoms with Crippen molar-refractivity contribution in [1.29, 1.82) is 0 Å². The lowest BCUT2D eigenvalue weighted by Gasteiger charge is -2.18. The number of unbranched alkanes of at least 4 members (excludes halogenated alkanes) is 2. The van der Waals surface area contributed by atoms with E-state index in [9.17, 15) is 9.90 Å². The van der Waals surface area contributed by atoms with Crippen LogP contribution in [0, 0.1) is 0 Å². The average Bonchev–Trinajstić information content (AvgIpc) is 2.45. The molecule has 0 bridgehead atoms. The van der Waals surface area contributed by atoms with Gasteiger partial charge < -0.3 is 9.84 Å². The van der Waals surface area contributed by atoms with Crippen molar-refractivity contribution in [2.75, 3.05) is 0 Å². The zero-order valence-electron chi connectivity index (χ0n) is 13.6. The second-order valence-corrected chi connectivity index (χ2v) is 6.15. The number of carbonyl (C=O) groups excluding carboxylic acids is 1. The highest BCUT2D eigenvalue weighted by Crippen LogP contribution is 2.17. The summed E-state index contributed by atoms with van der Waals surface area (Å²) in [5.41, 5.74) is 0. The summed E-state index contributed by atoms with van der Waals surface area (Å²) in [6.45, 7) is 2.19. The van der Waals surface area contributed by atoms with Crippen LogP contribution < -0.4 is 0 Å². The predicted octanol–water partition coefficient (Wildman–Crippen LogP) is 4.53. The van der Waals surface area contributed by atoms with E-state index < -0.39 is 0 Å². The van der Waals surface area contributed by atoms with Gasteiger partial charge in [-0.05, 0) is 44.9 Å². The SMILES string of the molecule is CCCCC[C@@H]1CCCCC[C@@H](O)C/C=C/CCC(=O)O1. The number of rotatable bonds is 4. The number of allylic oxidation sites excluding steroid dienone is 1. The number of esters is 1. The molecule has 0 amide bonds. The quantitative estimate of drug-likeness (QED) is 0.471. The topological polar surface area (TPSA) is 46.5 Å². The molecule has 3 nitrogen and oxygen atoms in total. The highest BCUT2D eigenvalue weighted by atomic mass is 16.5. The molecule has 122 valence electrons. The number of aliphatic hydroxyl groups is 1. The second-order valence-electron chi connectivity index (χ2n) is 6.15. The molecule has 1 heterocycles. The van der Waals surface area contributed by atoms with Crippen LogP contribution in [-0.2, 0) is 9.53 Å². The molecule has 0 saturated carbocycles. The minimum Gasteiger partial charge on any atom is -0.462 e. The summed E-state index contributed by atoms with van der Waals surface area (Å²) in [6, 6.07) is 0. The standard InChI is InChI=1S/C18H32O3/c1-2-3-6-13-17-14-9-4-7-11-16(19)12-8-5-10-15-18(20)21-17/h5,8,16-17,19H,2-4,6-7,9-15H2,1H3/b8-5+/t16-,17-/m1/s1. The molecule has 0 aromatic heterocycles. The van der Waals surface area contributed by atoms with E-state index in [0.717, 1.165) is 44.9 Å². The fourth-order valence-electron chi connectivity index (χ4n) is 2.75. The van der Waals surface area contributed by atoms with Crippen molar-refractivity contribution in [3.05, 3.63) is 12.2 Å². The van der Waals surface area contributed by atoms with E-state index in [1.807, 2.05) is 12.2 Å². The van der Waals surface area contributed by atoms with Crippen LogP contribution in [0.2, 0.25) is 0 Å². The van der Waals surface area contributed by atoms with Crippen molar-refractivity contribution < 1.29 is 14.6 Å². The number of carbonyl (C=O) groups is 1. The molecule has 1 aliphatic rings. The Balaban J connectivity index is 2.44. The summed E-state index contributed by atoms with van der Waals surface area (Å²) in [5, 5.41) is 9.82. The molecule has 3 heteroatoms. The lowest BCUT2D eigenvalue weighted by Crippen LogP contribution is -2.18. The third-order valence-corrected chi connectivity index (χ3v) is 4.08. The van der Waals surface area contributed by atoms with Crippen LogP contribution in [0.4, 0.5) is 0 Å². The summed E-state index contributed by atoms with van der Waals surface area (Å²) >= 11 is 0.